The Hall–Kier alpha value is -1.94. The van der Waals surface area contributed by atoms with Crippen LogP contribution in [0.2, 0.25) is 5.15 Å². The zero-order chi connectivity index (χ0) is 11.2. The van der Waals surface area contributed by atoms with Crippen LogP contribution >= 0.6 is 11.6 Å². The summed E-state index contributed by atoms with van der Waals surface area (Å²) in [6.07, 6.45) is 1.70. The van der Waals surface area contributed by atoms with E-state index in [1.54, 1.807) is 18.3 Å². The van der Waals surface area contributed by atoms with Crippen molar-refractivity contribution in [2.45, 2.75) is 0 Å². The summed E-state index contributed by atoms with van der Waals surface area (Å²) in [4.78, 5) is 0. The predicted molar refractivity (Wildman–Crippen MR) is 64.7 cm³/mol. The molecule has 80 valence electrons. The molecule has 1 N–H and O–H groups in total. The third kappa shape index (κ3) is 3.03. The van der Waals surface area contributed by atoms with E-state index in [2.05, 4.69) is 20.7 Å². The van der Waals surface area contributed by atoms with E-state index in [1.165, 1.54) is 0 Å². The molecule has 0 unspecified atom stereocenters. The lowest BCUT2D eigenvalue weighted by Crippen LogP contribution is -1.94. The number of nitrogens with zero attached hydrogens (tertiary/aromatic N) is 3. The Bertz CT molecular complexity index is 467. The fourth-order valence-electron chi connectivity index (χ4n) is 1.09. The van der Waals surface area contributed by atoms with Gasteiger partial charge in [-0.2, -0.15) is 5.10 Å². The summed E-state index contributed by atoms with van der Waals surface area (Å²) in [5.41, 5.74) is 3.77. The minimum atomic E-state index is 0.359. The van der Waals surface area contributed by atoms with Gasteiger partial charge in [-0.25, -0.2) is 0 Å². The molecular weight excluding hydrogens is 224 g/mol. The molecule has 0 aliphatic rings. The van der Waals surface area contributed by atoms with Gasteiger partial charge in [0.2, 0.25) is 0 Å². The number of nitrogens with one attached hydrogen (secondary N) is 1. The Kier molecular flexibility index (Phi) is 3.46. The van der Waals surface area contributed by atoms with Gasteiger partial charge in [-0.15, -0.1) is 10.2 Å². The summed E-state index contributed by atoms with van der Waals surface area (Å²) < 4.78 is 0. The maximum atomic E-state index is 5.60. The summed E-state index contributed by atoms with van der Waals surface area (Å²) in [5.74, 6) is 0.552. The normalized spacial score (nSPS) is 10.6. The Morgan fingerprint density at radius 2 is 1.88 bits per heavy atom. The van der Waals surface area contributed by atoms with Crippen molar-refractivity contribution in [2.24, 2.45) is 5.10 Å². The lowest BCUT2D eigenvalue weighted by Gasteiger charge is -1.97. The first-order chi connectivity index (χ1) is 7.84. The topological polar surface area (TPSA) is 50.2 Å². The number of anilines is 1. The van der Waals surface area contributed by atoms with Crippen molar-refractivity contribution in [2.75, 3.05) is 5.43 Å². The molecule has 4 nitrogen and oxygen atoms in total. The lowest BCUT2D eigenvalue weighted by molar-refractivity contribution is 1.02. The van der Waals surface area contributed by atoms with Gasteiger partial charge in [0.1, 0.15) is 0 Å². The fraction of sp³-hybridized carbons (Fsp3) is 0. The van der Waals surface area contributed by atoms with Crippen LogP contribution in [0.1, 0.15) is 5.56 Å². The van der Waals surface area contributed by atoms with Gasteiger partial charge in [0.15, 0.2) is 11.0 Å². The molecule has 0 spiro atoms. The van der Waals surface area contributed by atoms with E-state index in [1.807, 2.05) is 30.3 Å². The molecule has 1 heterocycles. The summed E-state index contributed by atoms with van der Waals surface area (Å²) in [6.45, 7) is 0. The van der Waals surface area contributed by atoms with E-state index >= 15 is 0 Å². The van der Waals surface area contributed by atoms with E-state index in [0.29, 0.717) is 11.0 Å². The van der Waals surface area contributed by atoms with Gasteiger partial charge in [-0.1, -0.05) is 41.9 Å². The Morgan fingerprint density at radius 1 is 1.06 bits per heavy atom. The van der Waals surface area contributed by atoms with Crippen LogP contribution in [-0.2, 0) is 0 Å². The third-order valence-electron chi connectivity index (χ3n) is 1.82. The lowest BCUT2D eigenvalue weighted by atomic mass is 10.2. The summed E-state index contributed by atoms with van der Waals surface area (Å²) in [7, 11) is 0. The van der Waals surface area contributed by atoms with Crippen molar-refractivity contribution >= 4 is 23.6 Å². The summed E-state index contributed by atoms with van der Waals surface area (Å²) >= 11 is 5.60. The van der Waals surface area contributed by atoms with Crippen molar-refractivity contribution in [1.82, 2.24) is 10.2 Å². The van der Waals surface area contributed by atoms with Gasteiger partial charge in [0, 0.05) is 0 Å². The highest BCUT2D eigenvalue weighted by Gasteiger charge is 1.92. The highest BCUT2D eigenvalue weighted by Crippen LogP contribution is 2.05. The maximum absolute atomic E-state index is 5.60. The quantitative estimate of drug-likeness (QED) is 0.654. The zero-order valence-corrected chi connectivity index (χ0v) is 9.09. The van der Waals surface area contributed by atoms with Crippen molar-refractivity contribution in [3.8, 4) is 0 Å². The number of aromatic nitrogens is 2. The molecule has 2 rings (SSSR count). The van der Waals surface area contributed by atoms with Crippen LogP contribution in [0.5, 0.6) is 0 Å². The summed E-state index contributed by atoms with van der Waals surface area (Å²) in [6, 6.07) is 13.1. The molecule has 0 amide bonds. The van der Waals surface area contributed by atoms with Gasteiger partial charge in [0.25, 0.3) is 0 Å². The van der Waals surface area contributed by atoms with Crippen LogP contribution in [0, 0.1) is 0 Å². The van der Waals surface area contributed by atoms with E-state index in [0.717, 1.165) is 5.56 Å². The predicted octanol–water partition coefficient (Wildman–Crippen LogP) is 2.58. The fourth-order valence-corrected chi connectivity index (χ4v) is 1.19. The number of benzene rings is 1. The highest BCUT2D eigenvalue weighted by atomic mass is 35.5. The van der Waals surface area contributed by atoms with Crippen molar-refractivity contribution in [3.05, 3.63) is 53.2 Å². The minimum Gasteiger partial charge on any atom is -0.260 e. The monoisotopic (exact) mass is 232 g/mol. The Labute approximate surface area is 98.0 Å². The molecule has 0 aliphatic heterocycles. The number of hydrogen-bond acceptors (Lipinski definition) is 4. The summed E-state index contributed by atoms with van der Waals surface area (Å²) in [5, 5.41) is 11.9. The van der Waals surface area contributed by atoms with Gasteiger partial charge in [-0.05, 0) is 17.7 Å². The molecule has 0 saturated heterocycles. The number of rotatable bonds is 3. The van der Waals surface area contributed by atoms with Gasteiger partial charge in [0.05, 0.1) is 6.21 Å². The molecule has 1 aromatic heterocycles. The molecule has 5 heteroatoms. The van der Waals surface area contributed by atoms with E-state index in [4.69, 9.17) is 11.6 Å². The molecule has 0 saturated carbocycles. The largest absolute Gasteiger partial charge is 0.260 e. The zero-order valence-electron chi connectivity index (χ0n) is 8.34. The van der Waals surface area contributed by atoms with Crippen LogP contribution in [-0.4, -0.2) is 16.4 Å². The first-order valence-electron chi connectivity index (χ1n) is 4.68. The van der Waals surface area contributed by atoms with Gasteiger partial charge in [-0.3, -0.25) is 5.43 Å². The molecule has 0 radical (unpaired) electrons. The molecule has 1 aromatic carbocycles. The molecule has 2 aromatic rings. The first kappa shape index (κ1) is 10.6. The molecule has 0 fully saturated rings. The second-order valence-corrected chi connectivity index (χ2v) is 3.41. The number of hydrogen-bond donors (Lipinski definition) is 1. The molecular formula is C11H9ClN4. The Balaban J connectivity index is 1.97. The third-order valence-corrected chi connectivity index (χ3v) is 2.03. The van der Waals surface area contributed by atoms with Crippen LogP contribution in [0.3, 0.4) is 0 Å². The Morgan fingerprint density at radius 3 is 2.56 bits per heavy atom. The molecule has 0 aliphatic carbocycles. The maximum Gasteiger partial charge on any atom is 0.168 e. The highest BCUT2D eigenvalue weighted by molar-refractivity contribution is 6.29. The number of halogens is 1. The van der Waals surface area contributed by atoms with E-state index < -0.39 is 0 Å². The molecule has 0 bridgehead atoms. The molecule has 16 heavy (non-hydrogen) atoms. The van der Waals surface area contributed by atoms with Crippen LogP contribution in [0.15, 0.2) is 47.6 Å². The van der Waals surface area contributed by atoms with Crippen LogP contribution in [0.25, 0.3) is 0 Å². The second-order valence-electron chi connectivity index (χ2n) is 3.02. The van der Waals surface area contributed by atoms with Crippen molar-refractivity contribution in [1.29, 1.82) is 0 Å². The van der Waals surface area contributed by atoms with E-state index in [-0.39, 0.29) is 0 Å². The van der Waals surface area contributed by atoms with Crippen molar-refractivity contribution < 1.29 is 0 Å². The first-order valence-corrected chi connectivity index (χ1v) is 5.06. The van der Waals surface area contributed by atoms with E-state index in [9.17, 15) is 0 Å². The van der Waals surface area contributed by atoms with Crippen LogP contribution in [0.4, 0.5) is 5.82 Å². The second kappa shape index (κ2) is 5.23. The van der Waals surface area contributed by atoms with Gasteiger partial charge < -0.3 is 0 Å². The van der Waals surface area contributed by atoms with Gasteiger partial charge >= 0.3 is 0 Å². The van der Waals surface area contributed by atoms with Crippen LogP contribution < -0.4 is 5.43 Å². The standard InChI is InChI=1S/C11H9ClN4/c12-10-6-7-11(16-14-10)15-13-8-9-4-2-1-3-5-9/h1-8H,(H,15,16). The minimum absolute atomic E-state index is 0.359. The molecule has 0 atom stereocenters. The number of hydrazone groups is 1. The smallest absolute Gasteiger partial charge is 0.168 e. The van der Waals surface area contributed by atoms with Crippen molar-refractivity contribution in [3.63, 3.8) is 0 Å². The SMILES string of the molecule is Clc1ccc(NN=Cc2ccccc2)nn1. The average Bonchev–Trinajstić information content (AvgIpc) is 2.33. The average molecular weight is 233 g/mol.